The van der Waals surface area contributed by atoms with E-state index >= 15 is 0 Å². The van der Waals surface area contributed by atoms with Crippen LogP contribution in [0.5, 0.6) is 0 Å². The average molecular weight is 189 g/mol. The van der Waals surface area contributed by atoms with Gasteiger partial charge in [-0.25, -0.2) is 0 Å². The first-order chi connectivity index (χ1) is 6.77. The number of hydrogen-bond acceptors (Lipinski definition) is 0. The number of unbranched alkanes of at least 4 members (excludes halogenated alkanes) is 1. The molecule has 0 aliphatic heterocycles. The summed E-state index contributed by atoms with van der Waals surface area (Å²) in [6.45, 7) is 6.32. The first kappa shape index (κ1) is 10.8. The van der Waals surface area contributed by atoms with E-state index in [0.29, 0.717) is 0 Å². The number of aryl methyl sites for hydroxylation is 1. The molecule has 0 saturated heterocycles. The Morgan fingerprint density at radius 3 is 2.86 bits per heavy atom. The van der Waals surface area contributed by atoms with Gasteiger partial charge in [-0.05, 0) is 37.6 Å². The minimum absolute atomic E-state index is 1.15. The molecule has 0 aromatic carbocycles. The Morgan fingerprint density at radius 1 is 1.43 bits per heavy atom. The highest BCUT2D eigenvalue weighted by atomic mass is 14.7. The molecular formula is C13H19N. The zero-order valence-corrected chi connectivity index (χ0v) is 9.30. The number of allylic oxidation sites excluding steroid dienone is 2. The molecule has 0 bridgehead atoms. The third-order valence-corrected chi connectivity index (χ3v) is 2.12. The minimum Gasteiger partial charge on any atom is -0.359 e. The number of H-pyrrole nitrogens is 1. The maximum Gasteiger partial charge on any atom is 0.0452 e. The standard InChI is InChI=1S/C13H19N/c1-4-6-8-12-10-11(3)14-13(12)9-7-5-2/h5,7-10,14H,4,6H2,1-3H3/b7-5-,12-8+,13-9+. The number of hydrogen-bond donors (Lipinski definition) is 1. The smallest absolute Gasteiger partial charge is 0.0452 e. The Morgan fingerprint density at radius 2 is 2.21 bits per heavy atom. The van der Waals surface area contributed by atoms with Crippen molar-refractivity contribution in [3.63, 3.8) is 0 Å². The van der Waals surface area contributed by atoms with Gasteiger partial charge in [-0.15, -0.1) is 0 Å². The van der Waals surface area contributed by atoms with E-state index in [1.807, 2.05) is 13.0 Å². The lowest BCUT2D eigenvalue weighted by Crippen LogP contribution is -2.21. The maximum atomic E-state index is 3.35. The Labute approximate surface area is 85.9 Å². The van der Waals surface area contributed by atoms with Crippen molar-refractivity contribution in [1.82, 2.24) is 4.98 Å². The molecule has 1 aromatic heterocycles. The fourth-order valence-corrected chi connectivity index (χ4v) is 1.43. The van der Waals surface area contributed by atoms with Gasteiger partial charge in [0.15, 0.2) is 0 Å². The predicted octanol–water partition coefficient (Wildman–Crippen LogP) is 2.26. The van der Waals surface area contributed by atoms with Gasteiger partial charge in [-0.1, -0.05) is 31.6 Å². The largest absolute Gasteiger partial charge is 0.359 e. The summed E-state index contributed by atoms with van der Waals surface area (Å²) in [7, 11) is 0. The molecule has 1 nitrogen and oxygen atoms in total. The van der Waals surface area contributed by atoms with Crippen molar-refractivity contribution >= 4 is 12.2 Å². The van der Waals surface area contributed by atoms with Crippen molar-refractivity contribution in [2.75, 3.05) is 0 Å². The molecule has 14 heavy (non-hydrogen) atoms. The van der Waals surface area contributed by atoms with Crippen LogP contribution in [0.1, 0.15) is 32.4 Å². The van der Waals surface area contributed by atoms with E-state index in [0.717, 1.165) is 6.42 Å². The minimum atomic E-state index is 1.15. The van der Waals surface area contributed by atoms with E-state index in [-0.39, 0.29) is 0 Å². The average Bonchev–Trinajstić information content (AvgIpc) is 2.52. The summed E-state index contributed by atoms with van der Waals surface area (Å²) in [5.74, 6) is 0. The molecule has 76 valence electrons. The van der Waals surface area contributed by atoms with Gasteiger partial charge in [-0.3, -0.25) is 0 Å². The van der Waals surface area contributed by atoms with Crippen molar-refractivity contribution in [2.24, 2.45) is 0 Å². The Hall–Kier alpha value is -1.24. The molecule has 0 aliphatic carbocycles. The molecular weight excluding hydrogens is 170 g/mol. The van der Waals surface area contributed by atoms with Crippen LogP contribution < -0.4 is 10.6 Å². The third kappa shape index (κ3) is 2.91. The fraction of sp³-hybridized carbons (Fsp3) is 0.385. The number of aromatic amines is 1. The molecule has 0 spiro atoms. The second kappa shape index (κ2) is 5.48. The topological polar surface area (TPSA) is 15.8 Å². The highest BCUT2D eigenvalue weighted by molar-refractivity contribution is 5.38. The van der Waals surface area contributed by atoms with Crippen LogP contribution in [0, 0.1) is 6.92 Å². The van der Waals surface area contributed by atoms with Crippen molar-refractivity contribution in [1.29, 1.82) is 0 Å². The Balaban J connectivity index is 3.15. The molecule has 1 aromatic rings. The summed E-state index contributed by atoms with van der Waals surface area (Å²) in [4.78, 5) is 3.35. The summed E-state index contributed by atoms with van der Waals surface area (Å²) in [5, 5.41) is 2.54. The van der Waals surface area contributed by atoms with Crippen LogP contribution in [0.3, 0.4) is 0 Å². The van der Waals surface area contributed by atoms with Gasteiger partial charge in [0.05, 0.1) is 0 Å². The van der Waals surface area contributed by atoms with E-state index in [4.69, 9.17) is 0 Å². The Bertz CT molecular complexity index is 407. The van der Waals surface area contributed by atoms with Crippen LogP contribution in [0.4, 0.5) is 0 Å². The summed E-state index contributed by atoms with van der Waals surface area (Å²) in [6, 6.07) is 2.20. The van der Waals surface area contributed by atoms with Crippen molar-refractivity contribution in [2.45, 2.75) is 33.6 Å². The van der Waals surface area contributed by atoms with Gasteiger partial charge in [0, 0.05) is 11.0 Å². The van der Waals surface area contributed by atoms with Crippen LogP contribution in [0.15, 0.2) is 18.2 Å². The number of rotatable bonds is 3. The highest BCUT2D eigenvalue weighted by Crippen LogP contribution is 1.87. The summed E-state index contributed by atoms with van der Waals surface area (Å²) in [6.07, 6.45) is 10.9. The van der Waals surface area contributed by atoms with Gasteiger partial charge >= 0.3 is 0 Å². The van der Waals surface area contributed by atoms with E-state index < -0.39 is 0 Å². The monoisotopic (exact) mass is 189 g/mol. The summed E-state index contributed by atoms with van der Waals surface area (Å²) in [5.41, 5.74) is 1.23. The molecule has 0 unspecified atom stereocenters. The van der Waals surface area contributed by atoms with Crippen LogP contribution in [-0.4, -0.2) is 4.98 Å². The number of nitrogens with one attached hydrogen (secondary N) is 1. The zero-order chi connectivity index (χ0) is 10.4. The maximum absolute atomic E-state index is 3.35. The molecule has 1 N–H and O–H groups in total. The van der Waals surface area contributed by atoms with Crippen molar-refractivity contribution < 1.29 is 0 Å². The van der Waals surface area contributed by atoms with Crippen LogP contribution in [-0.2, 0) is 0 Å². The van der Waals surface area contributed by atoms with E-state index in [1.54, 1.807) is 0 Å². The van der Waals surface area contributed by atoms with Gasteiger partial charge < -0.3 is 4.98 Å². The molecule has 0 aliphatic rings. The SMILES string of the molecule is C\C=C/C=c1/[nH]c(C)c/c1=C\CCC. The van der Waals surface area contributed by atoms with Gasteiger partial charge in [0.2, 0.25) is 0 Å². The van der Waals surface area contributed by atoms with E-state index in [1.165, 1.54) is 22.7 Å². The van der Waals surface area contributed by atoms with E-state index in [2.05, 4.69) is 43.1 Å². The lowest BCUT2D eigenvalue weighted by Gasteiger charge is -1.82. The zero-order valence-electron chi connectivity index (χ0n) is 9.30. The predicted molar refractivity (Wildman–Crippen MR) is 63.4 cm³/mol. The summed E-state index contributed by atoms with van der Waals surface area (Å²) >= 11 is 0. The molecule has 0 saturated carbocycles. The fourth-order valence-electron chi connectivity index (χ4n) is 1.43. The van der Waals surface area contributed by atoms with Crippen LogP contribution in [0.25, 0.3) is 12.2 Å². The first-order valence-corrected chi connectivity index (χ1v) is 5.26. The van der Waals surface area contributed by atoms with Gasteiger partial charge in [-0.2, -0.15) is 0 Å². The molecule has 0 fully saturated rings. The second-order valence-electron chi connectivity index (χ2n) is 3.51. The van der Waals surface area contributed by atoms with Crippen molar-refractivity contribution in [3.05, 3.63) is 34.5 Å². The normalized spacial score (nSPS) is 14.5. The lowest BCUT2D eigenvalue weighted by molar-refractivity contribution is 0.991. The second-order valence-corrected chi connectivity index (χ2v) is 3.51. The third-order valence-electron chi connectivity index (χ3n) is 2.12. The van der Waals surface area contributed by atoms with E-state index in [9.17, 15) is 0 Å². The Kier molecular flexibility index (Phi) is 4.24. The molecule has 0 amide bonds. The van der Waals surface area contributed by atoms with Crippen LogP contribution >= 0.6 is 0 Å². The van der Waals surface area contributed by atoms with Gasteiger partial charge in [0.1, 0.15) is 0 Å². The first-order valence-electron chi connectivity index (χ1n) is 5.26. The quantitative estimate of drug-likeness (QED) is 0.750. The molecule has 1 rings (SSSR count). The molecule has 0 atom stereocenters. The van der Waals surface area contributed by atoms with Gasteiger partial charge in [0.25, 0.3) is 0 Å². The van der Waals surface area contributed by atoms with Crippen molar-refractivity contribution in [3.8, 4) is 0 Å². The van der Waals surface area contributed by atoms with Crippen LogP contribution in [0.2, 0.25) is 0 Å². The lowest BCUT2D eigenvalue weighted by atomic mass is 10.2. The molecule has 0 radical (unpaired) electrons. The highest BCUT2D eigenvalue weighted by Gasteiger charge is 1.89. The molecule has 1 heterocycles. The summed E-state index contributed by atoms with van der Waals surface area (Å²) < 4.78 is 0. The molecule has 1 heteroatoms. The number of aromatic nitrogens is 1.